The van der Waals surface area contributed by atoms with Gasteiger partial charge in [-0.05, 0) is 12.1 Å². The number of carbonyl (C=O) groups is 1. The summed E-state index contributed by atoms with van der Waals surface area (Å²) < 4.78 is 26.8. The van der Waals surface area contributed by atoms with Crippen LogP contribution in [-0.2, 0) is 0 Å². The summed E-state index contributed by atoms with van der Waals surface area (Å²) in [7, 11) is 0. The average molecular weight is 213 g/mol. The maximum Gasteiger partial charge on any atom is 0.322 e. The topological polar surface area (TPSA) is 58.4 Å². The van der Waals surface area contributed by atoms with Crippen LogP contribution in [-0.4, -0.2) is 19.1 Å². The van der Waals surface area contributed by atoms with E-state index in [2.05, 4.69) is 5.32 Å². The normalized spacial score (nSPS) is 15.6. The number of nitrogens with two attached hydrogens (primary N) is 1. The van der Waals surface area contributed by atoms with Gasteiger partial charge in [-0.25, -0.2) is 13.6 Å². The van der Waals surface area contributed by atoms with Gasteiger partial charge in [-0.15, -0.1) is 0 Å². The number of rotatable bonds is 1. The van der Waals surface area contributed by atoms with Crippen molar-refractivity contribution >= 4 is 17.4 Å². The van der Waals surface area contributed by atoms with Crippen molar-refractivity contribution in [3.05, 3.63) is 23.8 Å². The molecule has 1 aromatic carbocycles. The number of carbonyl (C=O) groups excluding carboxylic acids is 1. The highest BCUT2D eigenvalue weighted by atomic mass is 19.1. The minimum absolute atomic E-state index is 0.00615. The van der Waals surface area contributed by atoms with Crippen LogP contribution in [0.1, 0.15) is 0 Å². The van der Waals surface area contributed by atoms with Crippen LogP contribution in [0.3, 0.4) is 0 Å². The van der Waals surface area contributed by atoms with Gasteiger partial charge in [0, 0.05) is 18.8 Å². The molecule has 4 nitrogen and oxygen atoms in total. The van der Waals surface area contributed by atoms with Gasteiger partial charge in [0.15, 0.2) is 11.6 Å². The zero-order valence-corrected chi connectivity index (χ0v) is 7.76. The molecule has 0 unspecified atom stereocenters. The van der Waals surface area contributed by atoms with Gasteiger partial charge in [-0.3, -0.25) is 4.90 Å². The summed E-state index contributed by atoms with van der Waals surface area (Å²) in [5.74, 6) is -1.66. The Hall–Kier alpha value is -1.85. The molecule has 0 spiro atoms. The molecule has 0 aliphatic carbocycles. The number of nitrogen functional groups attached to an aromatic ring is 1. The second kappa shape index (κ2) is 3.38. The molecule has 0 bridgehead atoms. The number of nitrogens with one attached hydrogen (secondary N) is 1. The van der Waals surface area contributed by atoms with Gasteiger partial charge in [0.1, 0.15) is 5.69 Å². The van der Waals surface area contributed by atoms with Crippen molar-refractivity contribution in [2.45, 2.75) is 0 Å². The molecular weight excluding hydrogens is 204 g/mol. The van der Waals surface area contributed by atoms with Crippen LogP contribution < -0.4 is 16.0 Å². The monoisotopic (exact) mass is 213 g/mol. The fraction of sp³-hybridized carbons (Fsp3) is 0.222. The van der Waals surface area contributed by atoms with Crippen molar-refractivity contribution in [2.75, 3.05) is 23.7 Å². The molecule has 1 aliphatic heterocycles. The number of hydrogen-bond donors (Lipinski definition) is 2. The summed E-state index contributed by atoms with van der Waals surface area (Å²) in [5.41, 5.74) is 4.91. The highest BCUT2D eigenvalue weighted by molar-refractivity contribution is 5.94. The van der Waals surface area contributed by atoms with Gasteiger partial charge in [-0.1, -0.05) is 0 Å². The van der Waals surface area contributed by atoms with Gasteiger partial charge in [-0.2, -0.15) is 0 Å². The molecule has 1 aromatic rings. The Bertz CT molecular complexity index is 399. The molecule has 15 heavy (non-hydrogen) atoms. The van der Waals surface area contributed by atoms with Crippen LogP contribution >= 0.6 is 0 Å². The van der Waals surface area contributed by atoms with Gasteiger partial charge >= 0.3 is 6.03 Å². The average Bonchev–Trinajstić information content (AvgIpc) is 2.50. The Labute approximate surface area is 84.7 Å². The summed E-state index contributed by atoms with van der Waals surface area (Å²) in [6.45, 7) is 0.624. The van der Waals surface area contributed by atoms with Crippen molar-refractivity contribution in [3.63, 3.8) is 0 Å². The third-order valence-corrected chi connectivity index (χ3v) is 2.17. The molecule has 0 radical (unpaired) electrons. The standard InChI is InChI=1S/C9H9F2N3O/c10-6-3-5(12)4-7(11)8(6)14-2-1-13-9(14)15/h3-4H,1-2,12H2,(H,13,15). The molecule has 1 heterocycles. The first-order valence-corrected chi connectivity index (χ1v) is 4.39. The Morgan fingerprint density at radius 2 is 1.93 bits per heavy atom. The lowest BCUT2D eigenvalue weighted by Crippen LogP contribution is -2.29. The van der Waals surface area contributed by atoms with E-state index in [0.29, 0.717) is 6.54 Å². The number of benzene rings is 1. The Morgan fingerprint density at radius 1 is 1.33 bits per heavy atom. The van der Waals surface area contributed by atoms with E-state index in [-0.39, 0.29) is 17.9 Å². The summed E-state index contributed by atoms with van der Waals surface area (Å²) in [6, 6.07) is 1.48. The van der Waals surface area contributed by atoms with Crippen LogP contribution in [0.15, 0.2) is 12.1 Å². The molecular formula is C9H9F2N3O. The lowest BCUT2D eigenvalue weighted by Gasteiger charge is -2.16. The van der Waals surface area contributed by atoms with E-state index < -0.39 is 17.7 Å². The largest absolute Gasteiger partial charge is 0.399 e. The minimum Gasteiger partial charge on any atom is -0.399 e. The van der Waals surface area contributed by atoms with Gasteiger partial charge < -0.3 is 11.1 Å². The van der Waals surface area contributed by atoms with E-state index in [1.807, 2.05) is 0 Å². The van der Waals surface area contributed by atoms with Crippen molar-refractivity contribution in [3.8, 4) is 0 Å². The van der Waals surface area contributed by atoms with Crippen LogP contribution in [0.25, 0.3) is 0 Å². The summed E-state index contributed by atoms with van der Waals surface area (Å²) in [4.78, 5) is 12.2. The van der Waals surface area contributed by atoms with Gasteiger partial charge in [0.25, 0.3) is 0 Å². The highest BCUT2D eigenvalue weighted by Gasteiger charge is 2.26. The lowest BCUT2D eigenvalue weighted by atomic mass is 10.2. The first-order chi connectivity index (χ1) is 7.09. The first-order valence-electron chi connectivity index (χ1n) is 4.39. The zero-order valence-electron chi connectivity index (χ0n) is 7.76. The van der Waals surface area contributed by atoms with E-state index in [9.17, 15) is 13.6 Å². The SMILES string of the molecule is Nc1cc(F)c(N2CCNC2=O)c(F)c1. The predicted molar refractivity (Wildman–Crippen MR) is 51.5 cm³/mol. The van der Waals surface area contributed by atoms with E-state index >= 15 is 0 Å². The van der Waals surface area contributed by atoms with Crippen LogP contribution in [0, 0.1) is 11.6 Å². The second-order valence-electron chi connectivity index (χ2n) is 3.22. The van der Waals surface area contributed by atoms with E-state index in [4.69, 9.17) is 5.73 Å². The maximum absolute atomic E-state index is 13.4. The molecule has 1 saturated heterocycles. The molecule has 3 N–H and O–H groups in total. The number of urea groups is 1. The number of amides is 2. The molecule has 1 fully saturated rings. The second-order valence-corrected chi connectivity index (χ2v) is 3.22. The summed E-state index contributed by atoms with van der Waals surface area (Å²) >= 11 is 0. The van der Waals surface area contributed by atoms with E-state index in [1.165, 1.54) is 0 Å². The molecule has 6 heteroatoms. The lowest BCUT2D eigenvalue weighted by molar-refractivity contribution is 0.251. The third-order valence-electron chi connectivity index (χ3n) is 2.17. The molecule has 0 saturated carbocycles. The highest BCUT2D eigenvalue weighted by Crippen LogP contribution is 2.26. The Balaban J connectivity index is 2.47. The number of halogens is 2. The number of anilines is 2. The molecule has 0 aromatic heterocycles. The fourth-order valence-electron chi connectivity index (χ4n) is 1.53. The van der Waals surface area contributed by atoms with E-state index in [0.717, 1.165) is 17.0 Å². The smallest absolute Gasteiger partial charge is 0.322 e. The molecule has 2 amide bonds. The molecule has 2 rings (SSSR count). The fourth-order valence-corrected chi connectivity index (χ4v) is 1.53. The number of nitrogens with zero attached hydrogens (tertiary/aromatic N) is 1. The van der Waals surface area contributed by atoms with Crippen molar-refractivity contribution in [1.29, 1.82) is 0 Å². The van der Waals surface area contributed by atoms with E-state index in [1.54, 1.807) is 0 Å². The van der Waals surface area contributed by atoms with Crippen molar-refractivity contribution in [2.24, 2.45) is 0 Å². The Kier molecular flexibility index (Phi) is 2.18. The molecule has 0 atom stereocenters. The Morgan fingerprint density at radius 3 is 2.40 bits per heavy atom. The van der Waals surface area contributed by atoms with Crippen LogP contribution in [0.5, 0.6) is 0 Å². The van der Waals surface area contributed by atoms with Crippen LogP contribution in [0.4, 0.5) is 25.0 Å². The third kappa shape index (κ3) is 1.58. The first kappa shape index (κ1) is 9.70. The van der Waals surface area contributed by atoms with Gasteiger partial charge in [0.05, 0.1) is 0 Å². The van der Waals surface area contributed by atoms with Crippen molar-refractivity contribution in [1.82, 2.24) is 5.32 Å². The van der Waals surface area contributed by atoms with Gasteiger partial charge in [0.2, 0.25) is 0 Å². The zero-order chi connectivity index (χ0) is 11.0. The maximum atomic E-state index is 13.4. The molecule has 1 aliphatic rings. The number of hydrogen-bond acceptors (Lipinski definition) is 2. The molecule has 80 valence electrons. The minimum atomic E-state index is -0.829. The quantitative estimate of drug-likeness (QED) is 0.686. The summed E-state index contributed by atoms with van der Waals surface area (Å²) in [6.07, 6.45) is 0. The van der Waals surface area contributed by atoms with Crippen LogP contribution in [0.2, 0.25) is 0 Å². The predicted octanol–water partition coefficient (Wildman–Crippen LogP) is 1.08. The summed E-state index contributed by atoms with van der Waals surface area (Å²) in [5, 5.41) is 2.46. The van der Waals surface area contributed by atoms with Crippen molar-refractivity contribution < 1.29 is 13.6 Å².